The molecule has 0 aromatic heterocycles. The predicted octanol–water partition coefficient (Wildman–Crippen LogP) is 1.29. The molecule has 0 radical (unpaired) electrons. The average molecular weight is 150 g/mol. The van der Waals surface area contributed by atoms with Gasteiger partial charge in [-0.1, -0.05) is 6.08 Å². The Bertz CT molecular complexity index is 250. The first-order valence-electron chi connectivity index (χ1n) is 3.89. The highest BCUT2D eigenvalue weighted by Gasteiger charge is 2.40. The number of hydrogen-bond donors (Lipinski definition) is 0. The van der Waals surface area contributed by atoms with E-state index < -0.39 is 0 Å². The van der Waals surface area contributed by atoms with Crippen LogP contribution in [-0.4, -0.2) is 12.4 Å². The highest BCUT2D eigenvalue weighted by Crippen LogP contribution is 2.39. The number of carbonyl (C=O) groups excluding carboxylic acids is 1. The van der Waals surface area contributed by atoms with Gasteiger partial charge in [0.1, 0.15) is 5.76 Å². The summed E-state index contributed by atoms with van der Waals surface area (Å²) in [4.78, 5) is 11.1. The van der Waals surface area contributed by atoms with Gasteiger partial charge < -0.3 is 4.74 Å². The smallest absolute Gasteiger partial charge is 0.166 e. The Morgan fingerprint density at radius 2 is 2.45 bits per heavy atom. The SMILES string of the molecule is CCOC1=CC2C=CC(=O)C12. The molecule has 0 aromatic carbocycles. The van der Waals surface area contributed by atoms with Crippen LogP contribution in [0.2, 0.25) is 0 Å². The summed E-state index contributed by atoms with van der Waals surface area (Å²) in [5.41, 5.74) is 0. The first kappa shape index (κ1) is 6.65. The summed E-state index contributed by atoms with van der Waals surface area (Å²) in [6, 6.07) is 0. The van der Waals surface area contributed by atoms with Gasteiger partial charge >= 0.3 is 0 Å². The minimum Gasteiger partial charge on any atom is -0.498 e. The second kappa shape index (κ2) is 2.22. The summed E-state index contributed by atoms with van der Waals surface area (Å²) in [6.07, 6.45) is 5.60. The molecule has 11 heavy (non-hydrogen) atoms. The van der Waals surface area contributed by atoms with E-state index >= 15 is 0 Å². The average Bonchev–Trinajstić information content (AvgIpc) is 2.20. The number of allylic oxidation sites excluding steroid dienone is 4. The van der Waals surface area contributed by atoms with Crippen LogP contribution in [0.25, 0.3) is 0 Å². The molecule has 0 aliphatic heterocycles. The second-order valence-electron chi connectivity index (χ2n) is 2.82. The molecule has 2 unspecified atom stereocenters. The Morgan fingerprint density at radius 1 is 1.64 bits per heavy atom. The lowest BCUT2D eigenvalue weighted by atomic mass is 9.82. The van der Waals surface area contributed by atoms with Crippen molar-refractivity contribution < 1.29 is 9.53 Å². The summed E-state index contributed by atoms with van der Waals surface area (Å²) in [6.45, 7) is 2.59. The molecular formula is C9H10O2. The van der Waals surface area contributed by atoms with Crippen LogP contribution in [0, 0.1) is 11.8 Å². The van der Waals surface area contributed by atoms with Gasteiger partial charge in [-0.25, -0.2) is 0 Å². The molecule has 2 nitrogen and oxygen atoms in total. The number of fused-ring (bicyclic) bond motifs is 1. The zero-order chi connectivity index (χ0) is 7.84. The molecule has 0 heterocycles. The van der Waals surface area contributed by atoms with Gasteiger partial charge in [0.2, 0.25) is 0 Å². The van der Waals surface area contributed by atoms with Crippen molar-refractivity contribution >= 4 is 5.78 Å². The van der Waals surface area contributed by atoms with Gasteiger partial charge in [-0.05, 0) is 19.1 Å². The largest absolute Gasteiger partial charge is 0.498 e. The van der Waals surface area contributed by atoms with E-state index in [9.17, 15) is 4.79 Å². The molecule has 0 amide bonds. The molecule has 2 aliphatic carbocycles. The number of ketones is 1. The lowest BCUT2D eigenvalue weighted by Crippen LogP contribution is -2.27. The van der Waals surface area contributed by atoms with Crippen LogP contribution in [-0.2, 0) is 9.53 Å². The number of rotatable bonds is 2. The number of ether oxygens (including phenoxy) is 1. The minimum absolute atomic E-state index is 0.0370. The fraction of sp³-hybridized carbons (Fsp3) is 0.444. The Balaban J connectivity index is 2.10. The lowest BCUT2D eigenvalue weighted by Gasteiger charge is -2.27. The Hall–Kier alpha value is -1.05. The monoisotopic (exact) mass is 150 g/mol. The number of hydrogen-bond acceptors (Lipinski definition) is 2. The Labute approximate surface area is 65.5 Å². The van der Waals surface area contributed by atoms with Crippen molar-refractivity contribution in [3.8, 4) is 0 Å². The van der Waals surface area contributed by atoms with E-state index in [4.69, 9.17) is 4.74 Å². The lowest BCUT2D eigenvalue weighted by molar-refractivity contribution is -0.118. The minimum atomic E-state index is 0.0370. The van der Waals surface area contributed by atoms with E-state index in [-0.39, 0.29) is 11.7 Å². The van der Waals surface area contributed by atoms with Crippen molar-refractivity contribution in [2.45, 2.75) is 6.92 Å². The van der Waals surface area contributed by atoms with E-state index in [2.05, 4.69) is 0 Å². The van der Waals surface area contributed by atoms with Gasteiger partial charge in [0.15, 0.2) is 5.78 Å². The standard InChI is InChI=1S/C9H10O2/c1-2-11-8-5-6-3-4-7(10)9(6)8/h3-6,9H,2H2,1H3. The van der Waals surface area contributed by atoms with E-state index in [1.54, 1.807) is 6.08 Å². The van der Waals surface area contributed by atoms with Gasteiger partial charge in [0.25, 0.3) is 0 Å². The molecule has 2 rings (SSSR count). The fourth-order valence-corrected chi connectivity index (χ4v) is 1.57. The summed E-state index contributed by atoms with van der Waals surface area (Å²) in [5, 5.41) is 0. The van der Waals surface area contributed by atoms with Crippen LogP contribution in [0.5, 0.6) is 0 Å². The van der Waals surface area contributed by atoms with Crippen molar-refractivity contribution in [2.24, 2.45) is 11.8 Å². The van der Waals surface area contributed by atoms with Gasteiger partial charge in [-0.3, -0.25) is 4.79 Å². The van der Waals surface area contributed by atoms with Gasteiger partial charge in [-0.2, -0.15) is 0 Å². The number of carbonyl (C=O) groups is 1. The fourth-order valence-electron chi connectivity index (χ4n) is 1.57. The molecule has 0 saturated heterocycles. The zero-order valence-electron chi connectivity index (χ0n) is 6.41. The van der Waals surface area contributed by atoms with Crippen molar-refractivity contribution in [3.63, 3.8) is 0 Å². The molecule has 58 valence electrons. The van der Waals surface area contributed by atoms with Crippen LogP contribution in [0.15, 0.2) is 24.0 Å². The highest BCUT2D eigenvalue weighted by molar-refractivity contribution is 5.98. The second-order valence-corrected chi connectivity index (χ2v) is 2.82. The van der Waals surface area contributed by atoms with E-state index in [0.717, 1.165) is 5.76 Å². The normalized spacial score (nSPS) is 32.8. The molecule has 0 N–H and O–H groups in total. The summed E-state index contributed by atoms with van der Waals surface area (Å²) >= 11 is 0. The third kappa shape index (κ3) is 0.821. The molecule has 2 aliphatic rings. The molecule has 2 atom stereocenters. The maximum Gasteiger partial charge on any atom is 0.166 e. The van der Waals surface area contributed by atoms with Crippen molar-refractivity contribution in [2.75, 3.05) is 6.61 Å². The molecule has 0 aromatic rings. The Kier molecular flexibility index (Phi) is 1.34. The molecular weight excluding hydrogens is 140 g/mol. The zero-order valence-corrected chi connectivity index (χ0v) is 6.41. The molecule has 0 spiro atoms. The van der Waals surface area contributed by atoms with Crippen LogP contribution >= 0.6 is 0 Å². The molecule has 0 fully saturated rings. The van der Waals surface area contributed by atoms with E-state index in [1.807, 2.05) is 19.1 Å². The summed E-state index contributed by atoms with van der Waals surface area (Å²) < 4.78 is 5.26. The molecule has 0 saturated carbocycles. The maximum atomic E-state index is 11.1. The van der Waals surface area contributed by atoms with Crippen LogP contribution in [0.1, 0.15) is 6.92 Å². The van der Waals surface area contributed by atoms with Gasteiger partial charge in [-0.15, -0.1) is 0 Å². The summed E-state index contributed by atoms with van der Waals surface area (Å²) in [7, 11) is 0. The Morgan fingerprint density at radius 3 is 3.09 bits per heavy atom. The van der Waals surface area contributed by atoms with E-state index in [0.29, 0.717) is 12.5 Å². The summed E-state index contributed by atoms with van der Waals surface area (Å²) in [5.74, 6) is 1.44. The highest BCUT2D eigenvalue weighted by atomic mass is 16.5. The predicted molar refractivity (Wildman–Crippen MR) is 40.8 cm³/mol. The van der Waals surface area contributed by atoms with Crippen molar-refractivity contribution in [1.29, 1.82) is 0 Å². The molecule has 2 heteroatoms. The van der Waals surface area contributed by atoms with Crippen LogP contribution in [0.3, 0.4) is 0 Å². The van der Waals surface area contributed by atoms with Crippen LogP contribution < -0.4 is 0 Å². The third-order valence-corrected chi connectivity index (χ3v) is 2.15. The van der Waals surface area contributed by atoms with Gasteiger partial charge in [0.05, 0.1) is 12.5 Å². The van der Waals surface area contributed by atoms with Crippen molar-refractivity contribution in [1.82, 2.24) is 0 Å². The maximum absolute atomic E-state index is 11.1. The van der Waals surface area contributed by atoms with Crippen LogP contribution in [0.4, 0.5) is 0 Å². The first-order valence-corrected chi connectivity index (χ1v) is 3.89. The van der Waals surface area contributed by atoms with E-state index in [1.165, 1.54) is 0 Å². The van der Waals surface area contributed by atoms with Crippen molar-refractivity contribution in [3.05, 3.63) is 24.0 Å². The topological polar surface area (TPSA) is 26.3 Å². The quantitative estimate of drug-likeness (QED) is 0.593. The first-order chi connectivity index (χ1) is 5.33. The molecule has 0 bridgehead atoms. The third-order valence-electron chi connectivity index (χ3n) is 2.15. The van der Waals surface area contributed by atoms with Gasteiger partial charge in [0, 0.05) is 5.92 Å².